The molecule has 10 nitrogen and oxygen atoms in total. The monoisotopic (exact) mass is 408 g/mol. The lowest BCUT2D eigenvalue weighted by Gasteiger charge is -2.48. The van der Waals surface area contributed by atoms with Crippen molar-refractivity contribution in [2.75, 3.05) is 11.5 Å². The van der Waals surface area contributed by atoms with Crippen molar-refractivity contribution in [3.63, 3.8) is 0 Å². The summed E-state index contributed by atoms with van der Waals surface area (Å²) in [6.45, 7) is 1.55. The molecule has 2 aromatic heterocycles. The Balaban J connectivity index is 1.65. The first kappa shape index (κ1) is 18.2. The van der Waals surface area contributed by atoms with Crippen molar-refractivity contribution in [3.8, 4) is 0 Å². The topological polar surface area (TPSA) is 147 Å². The number of aliphatic carboxylic acids is 1. The number of nitrogens with two attached hydrogens (primary N) is 1. The third-order valence-electron chi connectivity index (χ3n) is 4.37. The number of aliphatic hydroxyl groups is 1. The summed E-state index contributed by atoms with van der Waals surface area (Å²) in [6, 6.07) is 1.17. The van der Waals surface area contributed by atoms with Crippen LogP contribution in [0.5, 0.6) is 0 Å². The molecule has 0 aliphatic carbocycles. The number of hydrogen-bond donors (Lipinski definition) is 3. The van der Waals surface area contributed by atoms with Gasteiger partial charge in [0.05, 0.1) is 6.61 Å². The number of β-lactam (4-membered cyclic amide) rings is 1. The van der Waals surface area contributed by atoms with E-state index in [-0.39, 0.29) is 23.6 Å². The van der Waals surface area contributed by atoms with Gasteiger partial charge in [-0.2, -0.15) is 4.52 Å². The van der Waals surface area contributed by atoms with Crippen molar-refractivity contribution in [1.29, 1.82) is 0 Å². The zero-order valence-corrected chi connectivity index (χ0v) is 15.8. The molecule has 2 aliphatic heterocycles. The van der Waals surface area contributed by atoms with Crippen LogP contribution in [0.4, 0.5) is 0 Å². The van der Waals surface area contributed by atoms with E-state index in [1.807, 2.05) is 13.0 Å². The van der Waals surface area contributed by atoms with E-state index >= 15 is 0 Å². The smallest absolute Gasteiger partial charge is 0.352 e. The fourth-order valence-corrected chi connectivity index (χ4v) is 5.55. The molecule has 1 saturated heterocycles. The average Bonchev–Trinajstić information content (AvgIpc) is 3.07. The molecule has 4 N–H and O–H groups in total. The summed E-state index contributed by atoms with van der Waals surface area (Å²) < 4.78 is 1.52. The first-order chi connectivity index (χ1) is 12.9. The molecule has 2 aliphatic rings. The molecule has 2 aromatic rings. The van der Waals surface area contributed by atoms with Crippen LogP contribution < -0.4 is 5.73 Å². The second kappa shape index (κ2) is 6.78. The number of carboxylic acids is 1. The second-order valence-corrected chi connectivity index (χ2v) is 8.25. The molecule has 0 saturated carbocycles. The molecule has 1 fully saturated rings. The lowest BCUT2D eigenvalue weighted by atomic mass is 10.0. The van der Waals surface area contributed by atoms with E-state index in [9.17, 15) is 19.8 Å². The van der Waals surface area contributed by atoms with E-state index in [1.54, 1.807) is 0 Å². The van der Waals surface area contributed by atoms with E-state index in [0.29, 0.717) is 28.4 Å². The standard InChI is InChI=1S/C15H16N6O4S2/c1-6-2-9(21-12(17-6)8(3-22)18-19-21)26-4-7-5-27-14-10(16)13(23)20(14)11(7)15(24)25/h2,10,14,22H,3-5,16H2,1H3,(H,24,25)/t10-,14-/m1/s1. The Morgan fingerprint density at radius 2 is 2.30 bits per heavy atom. The van der Waals surface area contributed by atoms with Gasteiger partial charge < -0.3 is 15.9 Å². The molecule has 2 atom stereocenters. The quantitative estimate of drug-likeness (QED) is 0.339. The van der Waals surface area contributed by atoms with Crippen molar-refractivity contribution < 1.29 is 19.8 Å². The molecule has 27 heavy (non-hydrogen) atoms. The molecule has 12 heteroatoms. The minimum atomic E-state index is -1.13. The van der Waals surface area contributed by atoms with Gasteiger partial charge in [0.2, 0.25) is 5.91 Å². The molecule has 1 amide bonds. The summed E-state index contributed by atoms with van der Waals surface area (Å²) in [5.41, 5.74) is 8.02. The molecule has 0 bridgehead atoms. The van der Waals surface area contributed by atoms with E-state index in [0.717, 1.165) is 10.7 Å². The SMILES string of the molecule is Cc1cc(SCC2=C(C(=O)O)N3C(=O)[C@@H](N)[C@H]3SC2)n2nnc(CO)c2n1. The molecule has 142 valence electrons. The van der Waals surface area contributed by atoms with E-state index in [4.69, 9.17) is 5.73 Å². The van der Waals surface area contributed by atoms with Gasteiger partial charge in [-0.1, -0.05) is 5.21 Å². The zero-order chi connectivity index (χ0) is 19.3. The number of carbonyl (C=O) groups excluding carboxylic acids is 1. The van der Waals surface area contributed by atoms with Gasteiger partial charge >= 0.3 is 5.97 Å². The summed E-state index contributed by atoms with van der Waals surface area (Å²) in [7, 11) is 0. The maximum Gasteiger partial charge on any atom is 0.352 e. The summed E-state index contributed by atoms with van der Waals surface area (Å²) in [5.74, 6) is -0.634. The maximum absolute atomic E-state index is 12.0. The van der Waals surface area contributed by atoms with E-state index in [2.05, 4.69) is 15.3 Å². The predicted molar refractivity (Wildman–Crippen MR) is 97.9 cm³/mol. The summed E-state index contributed by atoms with van der Waals surface area (Å²) in [4.78, 5) is 29.4. The summed E-state index contributed by atoms with van der Waals surface area (Å²) in [5, 5.41) is 27.3. The van der Waals surface area contributed by atoms with Gasteiger partial charge in [-0.3, -0.25) is 9.69 Å². The average molecular weight is 408 g/mol. The molecule has 0 radical (unpaired) electrons. The van der Waals surface area contributed by atoms with Crippen LogP contribution in [0.3, 0.4) is 0 Å². The van der Waals surface area contributed by atoms with Crippen LogP contribution in [-0.2, 0) is 16.2 Å². The minimum Gasteiger partial charge on any atom is -0.477 e. The highest BCUT2D eigenvalue weighted by atomic mass is 32.2. The second-order valence-electron chi connectivity index (χ2n) is 6.15. The Morgan fingerprint density at radius 3 is 3.00 bits per heavy atom. The number of thioether (sulfide) groups is 2. The first-order valence-corrected chi connectivity index (χ1v) is 10.1. The molecular formula is C15H16N6O4S2. The molecule has 0 spiro atoms. The molecule has 4 rings (SSSR count). The Kier molecular flexibility index (Phi) is 4.58. The van der Waals surface area contributed by atoms with Gasteiger partial charge in [0, 0.05) is 17.2 Å². The van der Waals surface area contributed by atoms with Gasteiger partial charge in [-0.05, 0) is 18.6 Å². The first-order valence-electron chi connectivity index (χ1n) is 8.03. The Labute approximate surface area is 161 Å². The lowest BCUT2D eigenvalue weighted by Crippen LogP contribution is -2.68. The van der Waals surface area contributed by atoms with Crippen molar-refractivity contribution >= 4 is 41.0 Å². The normalized spacial score (nSPS) is 22.2. The van der Waals surface area contributed by atoms with Crippen LogP contribution in [-0.4, -0.2) is 69.7 Å². The third-order valence-corrected chi connectivity index (χ3v) is 6.81. The van der Waals surface area contributed by atoms with Crippen molar-refractivity contribution in [1.82, 2.24) is 24.7 Å². The Hall–Kier alpha value is -2.15. The van der Waals surface area contributed by atoms with E-state index in [1.165, 1.54) is 32.9 Å². The van der Waals surface area contributed by atoms with Crippen LogP contribution in [0.25, 0.3) is 5.65 Å². The number of carbonyl (C=O) groups is 2. The van der Waals surface area contributed by atoms with Gasteiger partial charge in [0.1, 0.15) is 27.8 Å². The van der Waals surface area contributed by atoms with Crippen LogP contribution >= 0.6 is 23.5 Å². The zero-order valence-electron chi connectivity index (χ0n) is 14.2. The highest BCUT2D eigenvalue weighted by molar-refractivity contribution is 8.01. The largest absolute Gasteiger partial charge is 0.477 e. The fraction of sp³-hybridized carbons (Fsp3) is 0.400. The molecule has 4 heterocycles. The predicted octanol–water partition coefficient (Wildman–Crippen LogP) is -0.402. The maximum atomic E-state index is 12.0. The van der Waals surface area contributed by atoms with Crippen LogP contribution in [0.1, 0.15) is 11.4 Å². The molecule has 0 aromatic carbocycles. The van der Waals surface area contributed by atoms with Crippen molar-refractivity contribution in [2.24, 2.45) is 5.73 Å². The van der Waals surface area contributed by atoms with Crippen LogP contribution in [0, 0.1) is 6.92 Å². The number of fused-ring (bicyclic) bond motifs is 2. The Morgan fingerprint density at radius 1 is 1.52 bits per heavy atom. The number of amides is 1. The summed E-state index contributed by atoms with van der Waals surface area (Å²) >= 11 is 2.85. The van der Waals surface area contributed by atoms with Crippen molar-refractivity contribution in [2.45, 2.75) is 30.0 Å². The third kappa shape index (κ3) is 2.88. The van der Waals surface area contributed by atoms with Gasteiger partial charge in [-0.25, -0.2) is 9.78 Å². The number of aliphatic hydroxyl groups excluding tert-OH is 1. The van der Waals surface area contributed by atoms with Gasteiger partial charge in [-0.15, -0.1) is 28.6 Å². The van der Waals surface area contributed by atoms with E-state index < -0.39 is 12.0 Å². The number of hydrogen-bond acceptors (Lipinski definition) is 9. The molecule has 0 unspecified atom stereocenters. The number of nitrogens with zero attached hydrogens (tertiary/aromatic N) is 5. The highest BCUT2D eigenvalue weighted by Crippen LogP contribution is 2.40. The van der Waals surface area contributed by atoms with Crippen LogP contribution in [0.2, 0.25) is 0 Å². The Bertz CT molecular complexity index is 990. The number of aromatic nitrogens is 4. The van der Waals surface area contributed by atoms with Gasteiger partial charge in [0.25, 0.3) is 0 Å². The number of aryl methyl sites for hydroxylation is 1. The number of rotatable bonds is 5. The number of carboxylic acid groups (broad SMARTS) is 1. The highest BCUT2D eigenvalue weighted by Gasteiger charge is 2.51. The van der Waals surface area contributed by atoms with Crippen molar-refractivity contribution in [3.05, 3.63) is 28.7 Å². The fourth-order valence-electron chi connectivity index (χ4n) is 3.06. The van der Waals surface area contributed by atoms with Crippen LogP contribution in [0.15, 0.2) is 22.4 Å². The summed E-state index contributed by atoms with van der Waals surface area (Å²) in [6.07, 6.45) is 0. The minimum absolute atomic E-state index is 0.0228. The lowest BCUT2D eigenvalue weighted by molar-refractivity contribution is -0.147. The van der Waals surface area contributed by atoms with Gasteiger partial charge in [0.15, 0.2) is 5.65 Å². The molecular weight excluding hydrogens is 392 g/mol.